The van der Waals surface area contributed by atoms with Crippen molar-refractivity contribution in [2.75, 3.05) is 12.9 Å². The summed E-state index contributed by atoms with van der Waals surface area (Å²) in [6, 6.07) is 1.50. The molecular weight excluding hydrogens is 242 g/mol. The lowest BCUT2D eigenvalue weighted by Gasteiger charge is -2.09. The van der Waals surface area contributed by atoms with Crippen molar-refractivity contribution in [3.63, 3.8) is 0 Å². The molecule has 1 unspecified atom stereocenters. The number of rotatable bonds is 5. The summed E-state index contributed by atoms with van der Waals surface area (Å²) in [5.74, 6) is -0.0133. The highest BCUT2D eigenvalue weighted by Gasteiger charge is 2.25. The van der Waals surface area contributed by atoms with E-state index in [-0.39, 0.29) is 5.56 Å². The Bertz CT molecular complexity index is 510. The number of aromatic nitrogens is 1. The smallest absolute Gasteiger partial charge is 0.182 e. The normalized spacial score (nSPS) is 13.1. The van der Waals surface area contributed by atoms with Gasteiger partial charge in [0.2, 0.25) is 0 Å². The lowest BCUT2D eigenvalue weighted by molar-refractivity contribution is 0.0991. The second kappa shape index (κ2) is 5.27. The van der Waals surface area contributed by atoms with Crippen LogP contribution in [0.4, 0.5) is 0 Å². The van der Waals surface area contributed by atoms with Gasteiger partial charge in [0.05, 0.1) is 12.8 Å². The van der Waals surface area contributed by atoms with E-state index in [2.05, 4.69) is 4.98 Å². The molecule has 5 nitrogen and oxygen atoms in total. The summed E-state index contributed by atoms with van der Waals surface area (Å²) in [6.45, 7) is 3.64. The van der Waals surface area contributed by atoms with Crippen LogP contribution in [0, 0.1) is 0 Å². The van der Waals surface area contributed by atoms with Crippen LogP contribution in [0.15, 0.2) is 18.5 Å². The average molecular weight is 257 g/mol. The van der Waals surface area contributed by atoms with Crippen LogP contribution in [0.1, 0.15) is 24.2 Å². The molecule has 17 heavy (non-hydrogen) atoms. The summed E-state index contributed by atoms with van der Waals surface area (Å²) in [7, 11) is -3.39. The molecule has 0 aliphatic carbocycles. The van der Waals surface area contributed by atoms with E-state index >= 15 is 0 Å². The highest BCUT2D eigenvalue weighted by atomic mass is 32.2. The molecule has 94 valence electrons. The van der Waals surface area contributed by atoms with Crippen LogP contribution in [0.2, 0.25) is 0 Å². The lowest BCUT2D eigenvalue weighted by Crippen LogP contribution is -2.26. The van der Waals surface area contributed by atoms with Crippen molar-refractivity contribution < 1.29 is 17.9 Å². The van der Waals surface area contributed by atoms with E-state index in [1.165, 1.54) is 25.4 Å². The minimum atomic E-state index is -3.39. The first-order valence-corrected chi connectivity index (χ1v) is 7.12. The Kier molecular flexibility index (Phi) is 4.22. The molecule has 0 aliphatic rings. The standard InChI is InChI=1S/C11H15NO4S/c1-4-16-10-5-9(6-12-7-10)11(13)8(2)17(3,14)15/h5-8H,4H2,1-3H3. The molecule has 1 heterocycles. The maximum atomic E-state index is 11.9. The van der Waals surface area contributed by atoms with E-state index in [1.807, 2.05) is 6.92 Å². The topological polar surface area (TPSA) is 73.3 Å². The molecular formula is C11H15NO4S. The van der Waals surface area contributed by atoms with Crippen molar-refractivity contribution in [2.24, 2.45) is 0 Å². The molecule has 0 radical (unpaired) electrons. The van der Waals surface area contributed by atoms with Crippen molar-refractivity contribution in [3.05, 3.63) is 24.0 Å². The SMILES string of the molecule is CCOc1cncc(C(=O)C(C)S(C)(=O)=O)c1. The zero-order chi connectivity index (χ0) is 13.1. The molecule has 6 heteroatoms. The van der Waals surface area contributed by atoms with Gasteiger partial charge in [-0.05, 0) is 19.9 Å². The van der Waals surface area contributed by atoms with Crippen LogP contribution < -0.4 is 4.74 Å². The average Bonchev–Trinajstić information content (AvgIpc) is 2.27. The number of pyridine rings is 1. The van der Waals surface area contributed by atoms with Crippen LogP contribution in [0.5, 0.6) is 5.75 Å². The van der Waals surface area contributed by atoms with Crippen LogP contribution in [0.25, 0.3) is 0 Å². The summed E-state index contributed by atoms with van der Waals surface area (Å²) in [5.41, 5.74) is 0.244. The Morgan fingerprint density at radius 3 is 2.65 bits per heavy atom. The first-order valence-electron chi connectivity index (χ1n) is 5.17. The molecule has 1 atom stereocenters. The summed E-state index contributed by atoms with van der Waals surface area (Å²) in [6.07, 6.45) is 3.85. The van der Waals surface area contributed by atoms with Gasteiger partial charge in [-0.3, -0.25) is 9.78 Å². The quantitative estimate of drug-likeness (QED) is 0.738. The first-order chi connectivity index (χ1) is 7.86. The van der Waals surface area contributed by atoms with E-state index in [0.717, 1.165) is 6.26 Å². The molecule has 1 aromatic heterocycles. The molecule has 0 bridgehead atoms. The van der Waals surface area contributed by atoms with Gasteiger partial charge < -0.3 is 4.74 Å². The van der Waals surface area contributed by atoms with Crippen molar-refractivity contribution in [3.8, 4) is 5.75 Å². The third-order valence-corrected chi connectivity index (χ3v) is 3.82. The van der Waals surface area contributed by atoms with Crippen LogP contribution in [-0.2, 0) is 9.84 Å². The molecule has 1 aromatic rings. The number of Topliss-reactive ketones (excluding diaryl/α,β-unsaturated/α-hetero) is 1. The van der Waals surface area contributed by atoms with Crippen LogP contribution >= 0.6 is 0 Å². The fourth-order valence-corrected chi connectivity index (χ4v) is 1.75. The Morgan fingerprint density at radius 2 is 2.12 bits per heavy atom. The van der Waals surface area contributed by atoms with Gasteiger partial charge in [-0.15, -0.1) is 0 Å². The van der Waals surface area contributed by atoms with E-state index in [0.29, 0.717) is 12.4 Å². The van der Waals surface area contributed by atoms with E-state index in [1.54, 1.807) is 0 Å². The number of hydrogen-bond donors (Lipinski definition) is 0. The Morgan fingerprint density at radius 1 is 1.47 bits per heavy atom. The summed E-state index contributed by atoms with van der Waals surface area (Å²) >= 11 is 0. The second-order valence-electron chi connectivity index (χ2n) is 3.68. The summed E-state index contributed by atoms with van der Waals surface area (Å²) in [4.78, 5) is 15.7. The van der Waals surface area contributed by atoms with Gasteiger partial charge in [-0.1, -0.05) is 0 Å². The van der Waals surface area contributed by atoms with E-state index in [4.69, 9.17) is 4.74 Å². The third kappa shape index (κ3) is 3.52. The van der Waals surface area contributed by atoms with Gasteiger partial charge in [0.1, 0.15) is 11.0 Å². The van der Waals surface area contributed by atoms with E-state index in [9.17, 15) is 13.2 Å². The maximum Gasteiger partial charge on any atom is 0.182 e. The molecule has 0 aliphatic heterocycles. The molecule has 0 aromatic carbocycles. The number of sulfone groups is 1. The largest absolute Gasteiger partial charge is 0.492 e. The molecule has 0 spiro atoms. The van der Waals surface area contributed by atoms with Crippen molar-refractivity contribution in [2.45, 2.75) is 19.1 Å². The highest BCUT2D eigenvalue weighted by molar-refractivity contribution is 7.92. The predicted octanol–water partition coefficient (Wildman–Crippen LogP) is 1.10. The number of nitrogens with zero attached hydrogens (tertiary/aromatic N) is 1. The van der Waals surface area contributed by atoms with Crippen molar-refractivity contribution in [1.82, 2.24) is 4.98 Å². The maximum absolute atomic E-state index is 11.9. The highest BCUT2D eigenvalue weighted by Crippen LogP contribution is 2.15. The molecule has 1 rings (SSSR count). The van der Waals surface area contributed by atoms with Crippen molar-refractivity contribution >= 4 is 15.6 Å². The van der Waals surface area contributed by atoms with Gasteiger partial charge in [-0.2, -0.15) is 0 Å². The van der Waals surface area contributed by atoms with Crippen LogP contribution in [0.3, 0.4) is 0 Å². The van der Waals surface area contributed by atoms with E-state index < -0.39 is 20.9 Å². The minimum Gasteiger partial charge on any atom is -0.492 e. The second-order valence-corrected chi connectivity index (χ2v) is 6.04. The Hall–Kier alpha value is -1.43. The molecule has 0 N–H and O–H groups in total. The number of ketones is 1. The minimum absolute atomic E-state index is 0.244. The number of ether oxygens (including phenoxy) is 1. The fourth-order valence-electron chi connectivity index (χ4n) is 1.23. The van der Waals surface area contributed by atoms with Gasteiger partial charge in [-0.25, -0.2) is 8.42 Å². The van der Waals surface area contributed by atoms with Gasteiger partial charge in [0.25, 0.3) is 0 Å². The summed E-state index contributed by atoms with van der Waals surface area (Å²) in [5, 5.41) is -1.07. The summed E-state index contributed by atoms with van der Waals surface area (Å²) < 4.78 is 27.8. The Labute approximate surface area is 101 Å². The number of carbonyl (C=O) groups excluding carboxylic acids is 1. The molecule has 0 saturated heterocycles. The van der Waals surface area contributed by atoms with Gasteiger partial charge >= 0.3 is 0 Å². The lowest BCUT2D eigenvalue weighted by atomic mass is 10.1. The van der Waals surface area contributed by atoms with Crippen LogP contribution in [-0.4, -0.2) is 37.3 Å². The number of carbonyl (C=O) groups is 1. The van der Waals surface area contributed by atoms with Crippen molar-refractivity contribution in [1.29, 1.82) is 0 Å². The van der Waals surface area contributed by atoms with Gasteiger partial charge in [0.15, 0.2) is 15.6 Å². The Balaban J connectivity index is 3.01. The molecule has 0 fully saturated rings. The van der Waals surface area contributed by atoms with Gasteiger partial charge in [0, 0.05) is 18.0 Å². The number of hydrogen-bond acceptors (Lipinski definition) is 5. The monoisotopic (exact) mass is 257 g/mol. The third-order valence-electron chi connectivity index (χ3n) is 2.32. The fraction of sp³-hybridized carbons (Fsp3) is 0.455. The zero-order valence-electron chi connectivity index (χ0n) is 10.0. The molecule has 0 saturated carbocycles. The first kappa shape index (κ1) is 13.6. The zero-order valence-corrected chi connectivity index (χ0v) is 10.8. The predicted molar refractivity (Wildman–Crippen MR) is 64.0 cm³/mol. The molecule has 0 amide bonds.